The van der Waals surface area contributed by atoms with Crippen LogP contribution in [0, 0.1) is 0 Å². The first-order chi connectivity index (χ1) is 13.1. The summed E-state index contributed by atoms with van der Waals surface area (Å²) in [6.45, 7) is 0.224. The van der Waals surface area contributed by atoms with Crippen LogP contribution in [0.1, 0.15) is 20.8 Å². The van der Waals surface area contributed by atoms with Crippen molar-refractivity contribution in [1.29, 1.82) is 0 Å². The molecule has 1 unspecified atom stereocenters. The van der Waals surface area contributed by atoms with Crippen LogP contribution in [0.5, 0.6) is 0 Å². The third kappa shape index (κ3) is 5.67. The summed E-state index contributed by atoms with van der Waals surface area (Å²) >= 11 is 25.4. The molecular formula is C17H19Cl4N5OS. The Hall–Kier alpha value is -1.19. The van der Waals surface area contributed by atoms with Crippen molar-refractivity contribution >= 4 is 69.3 Å². The Morgan fingerprint density at radius 2 is 1.96 bits per heavy atom. The number of rotatable bonds is 7. The number of carbonyl (C=O) groups excluding carboxylic acids is 1. The van der Waals surface area contributed by atoms with Crippen LogP contribution in [0.4, 0.5) is 0 Å². The van der Waals surface area contributed by atoms with Gasteiger partial charge in [0.25, 0.3) is 5.91 Å². The first-order valence-electron chi connectivity index (χ1n) is 8.02. The fourth-order valence-corrected chi connectivity index (χ4v) is 4.43. The Morgan fingerprint density at radius 1 is 1.29 bits per heavy atom. The number of hydrogen-bond donors (Lipinski definition) is 4. The number of benzene rings is 1. The van der Waals surface area contributed by atoms with E-state index in [-0.39, 0.29) is 23.6 Å². The van der Waals surface area contributed by atoms with E-state index >= 15 is 0 Å². The van der Waals surface area contributed by atoms with Gasteiger partial charge in [-0.3, -0.25) is 4.79 Å². The van der Waals surface area contributed by atoms with Crippen LogP contribution < -0.4 is 22.6 Å². The lowest BCUT2D eigenvalue weighted by atomic mass is 10.1. The van der Waals surface area contributed by atoms with Crippen LogP contribution in [0.25, 0.3) is 5.70 Å². The summed E-state index contributed by atoms with van der Waals surface area (Å²) in [6, 6.07) is 6.43. The Kier molecular flexibility index (Phi) is 8.27. The molecule has 0 bridgehead atoms. The summed E-state index contributed by atoms with van der Waals surface area (Å²) in [4.78, 5) is 13.1. The highest BCUT2D eigenvalue weighted by Crippen LogP contribution is 2.34. The molecule has 0 aliphatic heterocycles. The number of carbonyl (C=O) groups is 1. The molecule has 1 aromatic carbocycles. The summed E-state index contributed by atoms with van der Waals surface area (Å²) in [7, 11) is 1.57. The maximum Gasteiger partial charge on any atom is 0.261 e. The van der Waals surface area contributed by atoms with Gasteiger partial charge >= 0.3 is 0 Å². The predicted molar refractivity (Wildman–Crippen MR) is 119 cm³/mol. The van der Waals surface area contributed by atoms with E-state index in [0.29, 0.717) is 36.9 Å². The summed E-state index contributed by atoms with van der Waals surface area (Å²) in [5, 5.41) is 5.14. The quantitative estimate of drug-likeness (QED) is 0.273. The Labute approximate surface area is 187 Å². The number of halogens is 4. The minimum atomic E-state index is -0.333. The lowest BCUT2D eigenvalue weighted by Crippen LogP contribution is -2.41. The molecule has 2 rings (SSSR count). The summed E-state index contributed by atoms with van der Waals surface area (Å²) < 4.78 is 0.339. The van der Waals surface area contributed by atoms with Crippen molar-refractivity contribution in [3.63, 3.8) is 0 Å². The van der Waals surface area contributed by atoms with E-state index in [4.69, 9.17) is 63.7 Å². The molecule has 6 nitrogen and oxygen atoms in total. The lowest BCUT2D eigenvalue weighted by Gasteiger charge is -2.17. The van der Waals surface area contributed by atoms with Crippen LogP contribution in [0.15, 0.2) is 29.4 Å². The number of nitrogens with two attached hydrogens (primary N) is 3. The van der Waals surface area contributed by atoms with Crippen molar-refractivity contribution < 1.29 is 4.79 Å². The molecule has 1 amide bonds. The van der Waals surface area contributed by atoms with Crippen molar-refractivity contribution in [2.75, 3.05) is 13.6 Å². The fourth-order valence-electron chi connectivity index (χ4n) is 2.53. The van der Waals surface area contributed by atoms with E-state index in [1.807, 2.05) is 0 Å². The van der Waals surface area contributed by atoms with E-state index in [2.05, 4.69) is 5.32 Å². The van der Waals surface area contributed by atoms with Gasteiger partial charge in [0.05, 0.1) is 10.6 Å². The second-order valence-corrected chi connectivity index (χ2v) is 8.86. The van der Waals surface area contributed by atoms with Crippen molar-refractivity contribution in [1.82, 2.24) is 10.3 Å². The van der Waals surface area contributed by atoms with E-state index in [9.17, 15) is 4.79 Å². The normalized spacial score (nSPS) is 13.1. The van der Waals surface area contributed by atoms with Crippen molar-refractivity contribution in [2.24, 2.45) is 17.3 Å². The number of amides is 1. The molecule has 1 aromatic heterocycles. The van der Waals surface area contributed by atoms with Gasteiger partial charge in [-0.1, -0.05) is 52.5 Å². The largest absolute Gasteiger partial charge is 0.388 e. The number of hydrazine groups is 1. The van der Waals surface area contributed by atoms with Gasteiger partial charge in [-0.25, -0.2) is 5.84 Å². The average molecular weight is 483 g/mol. The van der Waals surface area contributed by atoms with Crippen LogP contribution in [-0.4, -0.2) is 30.6 Å². The van der Waals surface area contributed by atoms with Crippen LogP contribution >= 0.6 is 57.7 Å². The van der Waals surface area contributed by atoms with Gasteiger partial charge in [-0.05, 0) is 30.2 Å². The fraction of sp³-hybridized carbons (Fsp3) is 0.235. The molecule has 0 saturated carbocycles. The molecule has 0 aliphatic rings. The van der Waals surface area contributed by atoms with Gasteiger partial charge in [-0.2, -0.15) is 0 Å². The third-order valence-corrected chi connectivity index (χ3v) is 5.97. The summed E-state index contributed by atoms with van der Waals surface area (Å²) in [6.07, 6.45) is 0.454. The SMILES string of the molecule is CN(N)C(=C(N)Cl)c1cc(C(=O)NC(CN)Cc2ccc(Cl)cc2Cl)sc1Cl. The average Bonchev–Trinajstić information content (AvgIpc) is 2.97. The highest BCUT2D eigenvalue weighted by atomic mass is 35.5. The molecule has 1 atom stereocenters. The van der Waals surface area contributed by atoms with Gasteiger partial charge in [0.2, 0.25) is 0 Å². The number of thiophene rings is 1. The standard InChI is InChI=1S/C17H19Cl4N5OS/c1-26(24)14(15(20)23)11-6-13(28-16(11)21)17(27)25-10(7-22)4-8-2-3-9(18)5-12(8)19/h2-3,5-6,10H,4,7,22-24H2,1H3,(H,25,27). The molecule has 152 valence electrons. The minimum Gasteiger partial charge on any atom is -0.388 e. The molecule has 7 N–H and O–H groups in total. The maximum absolute atomic E-state index is 12.7. The Bertz CT molecular complexity index is 896. The summed E-state index contributed by atoms with van der Waals surface area (Å²) in [5.41, 5.74) is 13.1. The molecule has 1 heterocycles. The van der Waals surface area contributed by atoms with Crippen LogP contribution in [-0.2, 0) is 6.42 Å². The van der Waals surface area contributed by atoms with E-state index in [0.717, 1.165) is 16.9 Å². The molecule has 0 saturated heterocycles. The van der Waals surface area contributed by atoms with E-state index < -0.39 is 0 Å². The first-order valence-corrected chi connectivity index (χ1v) is 10.3. The summed E-state index contributed by atoms with van der Waals surface area (Å²) in [5.74, 6) is 5.43. The van der Waals surface area contributed by atoms with Crippen molar-refractivity contribution in [3.05, 3.63) is 59.8 Å². The van der Waals surface area contributed by atoms with Gasteiger partial charge < -0.3 is 21.8 Å². The van der Waals surface area contributed by atoms with Gasteiger partial charge in [0.1, 0.15) is 9.49 Å². The Morgan fingerprint density at radius 3 is 2.50 bits per heavy atom. The van der Waals surface area contributed by atoms with E-state index in [1.165, 1.54) is 5.01 Å². The van der Waals surface area contributed by atoms with Gasteiger partial charge in [0, 0.05) is 35.2 Å². The highest BCUT2D eigenvalue weighted by molar-refractivity contribution is 7.18. The molecule has 0 radical (unpaired) electrons. The molecule has 0 spiro atoms. The van der Waals surface area contributed by atoms with Crippen LogP contribution in [0.3, 0.4) is 0 Å². The molecule has 11 heteroatoms. The molecular weight excluding hydrogens is 464 g/mol. The van der Waals surface area contributed by atoms with Gasteiger partial charge in [-0.15, -0.1) is 11.3 Å². The highest BCUT2D eigenvalue weighted by Gasteiger charge is 2.21. The predicted octanol–water partition coefficient (Wildman–Crippen LogP) is 3.64. The zero-order chi connectivity index (χ0) is 21.0. The third-order valence-electron chi connectivity index (χ3n) is 3.85. The monoisotopic (exact) mass is 481 g/mol. The van der Waals surface area contributed by atoms with Gasteiger partial charge in [0.15, 0.2) is 0 Å². The van der Waals surface area contributed by atoms with Crippen molar-refractivity contribution in [2.45, 2.75) is 12.5 Å². The van der Waals surface area contributed by atoms with E-state index in [1.54, 1.807) is 31.3 Å². The molecule has 2 aromatic rings. The number of hydrogen-bond acceptors (Lipinski definition) is 6. The van der Waals surface area contributed by atoms with Crippen LogP contribution in [0.2, 0.25) is 14.4 Å². The molecule has 28 heavy (non-hydrogen) atoms. The van der Waals surface area contributed by atoms with Crippen molar-refractivity contribution in [3.8, 4) is 0 Å². The first kappa shape index (κ1) is 23.1. The topological polar surface area (TPSA) is 110 Å². The molecule has 0 fully saturated rings. The maximum atomic E-state index is 12.7. The second kappa shape index (κ2) is 10.0. The zero-order valence-electron chi connectivity index (χ0n) is 14.8. The lowest BCUT2D eigenvalue weighted by molar-refractivity contribution is 0.0942. The molecule has 0 aliphatic carbocycles. The Balaban J connectivity index is 2.19. The minimum absolute atomic E-state index is 0.0335. The smallest absolute Gasteiger partial charge is 0.261 e. The number of nitrogens with zero attached hydrogens (tertiary/aromatic N) is 1. The number of nitrogens with one attached hydrogen (secondary N) is 1. The zero-order valence-corrected chi connectivity index (χ0v) is 18.6. The second-order valence-electron chi connectivity index (χ2n) is 5.95.